The van der Waals surface area contributed by atoms with Crippen molar-refractivity contribution in [1.82, 2.24) is 15.0 Å². The Hall–Kier alpha value is -3.50. The van der Waals surface area contributed by atoms with Gasteiger partial charge in [-0.25, -0.2) is 8.42 Å². The molecule has 1 amide bonds. The lowest BCUT2D eigenvalue weighted by Crippen LogP contribution is -2.50. The molecule has 0 radical (unpaired) electrons. The lowest BCUT2D eigenvalue weighted by molar-refractivity contribution is -0.139. The SMILES string of the molecule is O=C(NCC(NS(=O)(=O)c1ccc2ccccc2c1)C(=O)O)C1CCN(c2ccncc2)CC1. The lowest BCUT2D eigenvalue weighted by Gasteiger charge is -2.33. The predicted octanol–water partition coefficient (Wildman–Crippen LogP) is 2.00. The molecule has 1 aliphatic rings. The lowest BCUT2D eigenvalue weighted by atomic mass is 9.95. The van der Waals surface area contributed by atoms with Gasteiger partial charge in [0.05, 0.1) is 4.90 Å². The molecular formula is C24H26N4O5S. The number of aromatic nitrogens is 1. The Bertz CT molecular complexity index is 1270. The van der Waals surface area contributed by atoms with Gasteiger partial charge in [-0.1, -0.05) is 30.3 Å². The summed E-state index contributed by atoms with van der Waals surface area (Å²) < 4.78 is 27.8. The van der Waals surface area contributed by atoms with Gasteiger partial charge in [0.1, 0.15) is 6.04 Å². The molecular weight excluding hydrogens is 456 g/mol. The zero-order valence-electron chi connectivity index (χ0n) is 18.4. The van der Waals surface area contributed by atoms with E-state index in [1.807, 2.05) is 24.3 Å². The zero-order valence-corrected chi connectivity index (χ0v) is 19.2. The first kappa shape index (κ1) is 23.7. The molecule has 1 aliphatic heterocycles. The molecule has 2 aromatic carbocycles. The Morgan fingerprint density at radius 1 is 1.03 bits per heavy atom. The van der Waals surface area contributed by atoms with Crippen molar-refractivity contribution in [3.05, 3.63) is 67.0 Å². The summed E-state index contributed by atoms with van der Waals surface area (Å²) >= 11 is 0. The highest BCUT2D eigenvalue weighted by atomic mass is 32.2. The monoisotopic (exact) mass is 482 g/mol. The van der Waals surface area contributed by atoms with Crippen LogP contribution in [0, 0.1) is 5.92 Å². The van der Waals surface area contributed by atoms with Crippen molar-refractivity contribution < 1.29 is 23.1 Å². The number of anilines is 1. The van der Waals surface area contributed by atoms with Crippen molar-refractivity contribution in [2.24, 2.45) is 5.92 Å². The van der Waals surface area contributed by atoms with Crippen molar-refractivity contribution in [2.45, 2.75) is 23.8 Å². The molecule has 3 aromatic rings. The van der Waals surface area contributed by atoms with Crippen LogP contribution in [-0.2, 0) is 19.6 Å². The maximum absolute atomic E-state index is 12.8. The van der Waals surface area contributed by atoms with Crippen LogP contribution < -0.4 is 14.9 Å². The number of carboxylic acids is 1. The summed E-state index contributed by atoms with van der Waals surface area (Å²) in [4.78, 5) is 30.5. The van der Waals surface area contributed by atoms with Crippen LogP contribution >= 0.6 is 0 Å². The van der Waals surface area contributed by atoms with Gasteiger partial charge in [-0.2, -0.15) is 4.72 Å². The molecule has 1 unspecified atom stereocenters. The minimum Gasteiger partial charge on any atom is -0.480 e. The first-order chi connectivity index (χ1) is 16.3. The normalized spacial score (nSPS) is 15.7. The quantitative estimate of drug-likeness (QED) is 0.448. The number of piperidine rings is 1. The summed E-state index contributed by atoms with van der Waals surface area (Å²) in [5.41, 5.74) is 1.04. The number of amides is 1. The number of nitrogens with zero attached hydrogens (tertiary/aromatic N) is 2. The number of nitrogens with one attached hydrogen (secondary N) is 2. The molecule has 2 heterocycles. The maximum Gasteiger partial charge on any atom is 0.323 e. The minimum absolute atomic E-state index is 0.0349. The number of aliphatic carboxylic acids is 1. The molecule has 34 heavy (non-hydrogen) atoms. The largest absolute Gasteiger partial charge is 0.480 e. The van der Waals surface area contributed by atoms with E-state index in [4.69, 9.17) is 0 Å². The number of fused-ring (bicyclic) bond motifs is 1. The molecule has 1 saturated heterocycles. The third-order valence-electron chi connectivity index (χ3n) is 6.00. The Kier molecular flexibility index (Phi) is 7.09. The number of pyridine rings is 1. The third-order valence-corrected chi connectivity index (χ3v) is 7.47. The first-order valence-electron chi connectivity index (χ1n) is 11.0. The summed E-state index contributed by atoms with van der Waals surface area (Å²) in [6.45, 7) is 1.05. The van der Waals surface area contributed by atoms with Gasteiger partial charge in [-0.15, -0.1) is 0 Å². The second-order valence-corrected chi connectivity index (χ2v) is 9.95. The summed E-state index contributed by atoms with van der Waals surface area (Å²) in [6, 6.07) is 14.2. The highest BCUT2D eigenvalue weighted by Crippen LogP contribution is 2.23. The number of carboxylic acid groups (broad SMARTS) is 1. The van der Waals surface area contributed by atoms with Gasteiger partial charge in [0.2, 0.25) is 15.9 Å². The summed E-state index contributed by atoms with van der Waals surface area (Å²) in [7, 11) is -4.10. The fourth-order valence-corrected chi connectivity index (χ4v) is 5.30. The van der Waals surface area contributed by atoms with Crippen LogP contribution in [0.4, 0.5) is 5.69 Å². The average Bonchev–Trinajstić information content (AvgIpc) is 2.86. The summed E-state index contributed by atoms with van der Waals surface area (Å²) in [5, 5.41) is 13.8. The van der Waals surface area contributed by atoms with Crippen molar-refractivity contribution in [2.75, 3.05) is 24.5 Å². The Balaban J connectivity index is 1.35. The van der Waals surface area contributed by atoms with Crippen molar-refractivity contribution >= 4 is 38.4 Å². The molecule has 1 fully saturated rings. The summed E-state index contributed by atoms with van der Waals surface area (Å²) in [5.74, 6) is -1.90. The van der Waals surface area contributed by atoms with E-state index in [-0.39, 0.29) is 23.3 Å². The van der Waals surface area contributed by atoms with E-state index >= 15 is 0 Å². The van der Waals surface area contributed by atoms with Crippen LogP contribution in [0.3, 0.4) is 0 Å². The van der Waals surface area contributed by atoms with Crippen molar-refractivity contribution in [3.8, 4) is 0 Å². The van der Waals surface area contributed by atoms with Crippen molar-refractivity contribution in [3.63, 3.8) is 0 Å². The van der Waals surface area contributed by atoms with Crippen LogP contribution in [0.2, 0.25) is 0 Å². The van der Waals surface area contributed by atoms with E-state index in [2.05, 4.69) is 19.9 Å². The van der Waals surface area contributed by atoms with Crippen molar-refractivity contribution in [1.29, 1.82) is 0 Å². The second kappa shape index (κ2) is 10.2. The van der Waals surface area contributed by atoms with Crippen LogP contribution in [0.15, 0.2) is 71.9 Å². The van der Waals surface area contributed by atoms with Crippen LogP contribution in [-0.4, -0.2) is 56.1 Å². The Morgan fingerprint density at radius 2 is 1.71 bits per heavy atom. The molecule has 10 heteroatoms. The molecule has 0 aliphatic carbocycles. The van der Waals surface area contributed by atoms with Gasteiger partial charge in [-0.05, 0) is 47.9 Å². The van der Waals surface area contributed by atoms with Crippen LogP contribution in [0.25, 0.3) is 10.8 Å². The molecule has 3 N–H and O–H groups in total. The first-order valence-corrected chi connectivity index (χ1v) is 12.5. The third kappa shape index (κ3) is 5.52. The zero-order chi connectivity index (χ0) is 24.1. The minimum atomic E-state index is -4.10. The topological polar surface area (TPSA) is 129 Å². The molecule has 9 nitrogen and oxygen atoms in total. The number of rotatable bonds is 8. The van der Waals surface area contributed by atoms with Crippen LogP contribution in [0.1, 0.15) is 12.8 Å². The molecule has 0 spiro atoms. The smallest absolute Gasteiger partial charge is 0.323 e. The van der Waals surface area contributed by atoms with Gasteiger partial charge in [0.25, 0.3) is 0 Å². The van der Waals surface area contributed by atoms with Crippen LogP contribution in [0.5, 0.6) is 0 Å². The van der Waals surface area contributed by atoms with E-state index < -0.39 is 22.0 Å². The Morgan fingerprint density at radius 3 is 2.38 bits per heavy atom. The maximum atomic E-state index is 12.8. The average molecular weight is 483 g/mol. The van der Waals surface area contributed by atoms with E-state index in [1.165, 1.54) is 12.1 Å². The molecule has 178 valence electrons. The van der Waals surface area contributed by atoms with Gasteiger partial charge < -0.3 is 15.3 Å². The molecule has 1 aromatic heterocycles. The molecule has 4 rings (SSSR count). The number of carbonyl (C=O) groups is 2. The number of benzene rings is 2. The van der Waals surface area contributed by atoms with Gasteiger partial charge in [-0.3, -0.25) is 14.6 Å². The van der Waals surface area contributed by atoms with Gasteiger partial charge in [0, 0.05) is 43.6 Å². The second-order valence-electron chi connectivity index (χ2n) is 8.23. The van der Waals surface area contributed by atoms with E-state index in [0.29, 0.717) is 25.9 Å². The number of carbonyl (C=O) groups excluding carboxylic acids is 1. The Labute approximate surface area is 197 Å². The highest BCUT2D eigenvalue weighted by Gasteiger charge is 2.29. The number of sulfonamides is 1. The van der Waals surface area contributed by atoms with E-state index in [9.17, 15) is 23.1 Å². The van der Waals surface area contributed by atoms with Gasteiger partial charge >= 0.3 is 5.97 Å². The van der Waals surface area contributed by atoms with Gasteiger partial charge in [0.15, 0.2) is 0 Å². The molecule has 0 saturated carbocycles. The number of hydrogen-bond acceptors (Lipinski definition) is 6. The van der Waals surface area contributed by atoms with E-state index in [0.717, 1.165) is 16.5 Å². The number of hydrogen-bond donors (Lipinski definition) is 3. The fraction of sp³-hybridized carbons (Fsp3) is 0.292. The highest BCUT2D eigenvalue weighted by molar-refractivity contribution is 7.89. The summed E-state index contributed by atoms with van der Waals surface area (Å²) in [6.07, 6.45) is 4.68. The standard InChI is InChI=1S/C24H26N4O5S/c29-23(18-9-13-28(14-10-18)20-7-11-25-12-8-20)26-16-22(24(30)31)27-34(32,33)21-6-5-17-3-1-2-4-19(17)15-21/h1-8,11-12,15,18,22,27H,9-10,13-14,16H2,(H,26,29)(H,30,31). The molecule has 0 bridgehead atoms. The molecule has 1 atom stereocenters. The predicted molar refractivity (Wildman–Crippen MR) is 128 cm³/mol. The fourth-order valence-electron chi connectivity index (χ4n) is 4.07. The van der Waals surface area contributed by atoms with E-state index in [1.54, 1.807) is 30.6 Å².